The van der Waals surface area contributed by atoms with Gasteiger partial charge in [0.1, 0.15) is 0 Å². The van der Waals surface area contributed by atoms with E-state index >= 15 is 0 Å². The van der Waals surface area contributed by atoms with E-state index in [1.807, 2.05) is 0 Å². The molecule has 0 spiro atoms. The predicted octanol–water partition coefficient (Wildman–Crippen LogP) is 0.107. The zero-order chi connectivity index (χ0) is 10.4. The summed E-state index contributed by atoms with van der Waals surface area (Å²) in [5.41, 5.74) is 5.61. The lowest BCUT2D eigenvalue weighted by Crippen LogP contribution is -2.47. The van der Waals surface area contributed by atoms with Crippen LogP contribution in [0.15, 0.2) is 4.99 Å². The Morgan fingerprint density at radius 2 is 2.00 bits per heavy atom. The molecule has 0 radical (unpaired) electrons. The third-order valence-corrected chi connectivity index (χ3v) is 1.94. The van der Waals surface area contributed by atoms with E-state index in [1.54, 1.807) is 7.05 Å². The minimum Gasteiger partial charge on any atom is -0.370 e. The molecule has 0 bridgehead atoms. The molecular formula is C9H22N4. The smallest absolute Gasteiger partial charge is 0.188 e. The molecule has 0 fully saturated rings. The van der Waals surface area contributed by atoms with Crippen LogP contribution >= 0.6 is 0 Å². The van der Waals surface area contributed by atoms with E-state index in [4.69, 9.17) is 5.73 Å². The highest BCUT2D eigenvalue weighted by Crippen LogP contribution is 2.01. The summed E-state index contributed by atoms with van der Waals surface area (Å²) < 4.78 is 0. The summed E-state index contributed by atoms with van der Waals surface area (Å²) in [5.74, 6) is 1.06. The summed E-state index contributed by atoms with van der Waals surface area (Å²) in [5, 5.41) is 3.18. The molecule has 0 saturated carbocycles. The second-order valence-electron chi connectivity index (χ2n) is 3.87. The van der Waals surface area contributed by atoms with Crippen LogP contribution in [-0.4, -0.2) is 44.6 Å². The molecule has 1 atom stereocenters. The maximum Gasteiger partial charge on any atom is 0.188 e. The summed E-state index contributed by atoms with van der Waals surface area (Å²) in [6.07, 6.45) is 0. The van der Waals surface area contributed by atoms with Gasteiger partial charge in [0.05, 0.1) is 0 Å². The molecule has 0 aliphatic rings. The number of hydrogen-bond donors (Lipinski definition) is 2. The summed E-state index contributed by atoms with van der Waals surface area (Å²) in [7, 11) is 5.79. The number of nitrogens with one attached hydrogen (secondary N) is 1. The van der Waals surface area contributed by atoms with Crippen molar-refractivity contribution in [1.82, 2.24) is 10.2 Å². The Kier molecular flexibility index (Phi) is 5.46. The van der Waals surface area contributed by atoms with Crippen LogP contribution in [-0.2, 0) is 0 Å². The molecule has 3 N–H and O–H groups in total. The van der Waals surface area contributed by atoms with Crippen LogP contribution in [0.2, 0.25) is 0 Å². The Balaban J connectivity index is 4.10. The molecule has 0 rings (SSSR count). The highest BCUT2D eigenvalue weighted by Gasteiger charge is 2.14. The molecule has 13 heavy (non-hydrogen) atoms. The third-order valence-electron chi connectivity index (χ3n) is 1.94. The van der Waals surface area contributed by atoms with Crippen molar-refractivity contribution in [2.24, 2.45) is 16.6 Å². The van der Waals surface area contributed by atoms with Crippen molar-refractivity contribution in [2.45, 2.75) is 19.9 Å². The number of rotatable bonds is 4. The highest BCUT2D eigenvalue weighted by atomic mass is 15.2. The van der Waals surface area contributed by atoms with Crippen LogP contribution in [0, 0.1) is 5.92 Å². The zero-order valence-electron chi connectivity index (χ0n) is 9.33. The SMILES string of the molecule is CN=C(N)NC(CN(C)C)C(C)C. The number of hydrogen-bond acceptors (Lipinski definition) is 2. The van der Waals surface area contributed by atoms with Crippen LogP contribution in [0.1, 0.15) is 13.8 Å². The van der Waals surface area contributed by atoms with E-state index < -0.39 is 0 Å². The quantitative estimate of drug-likeness (QED) is 0.484. The van der Waals surface area contributed by atoms with Gasteiger partial charge in [0.2, 0.25) is 0 Å². The van der Waals surface area contributed by atoms with Crippen LogP contribution < -0.4 is 11.1 Å². The summed E-state index contributed by atoms with van der Waals surface area (Å²) in [6, 6.07) is 0.360. The maximum absolute atomic E-state index is 5.61. The molecule has 0 aliphatic carbocycles. The van der Waals surface area contributed by atoms with Gasteiger partial charge in [-0.2, -0.15) is 0 Å². The van der Waals surface area contributed by atoms with E-state index in [0.29, 0.717) is 17.9 Å². The molecule has 0 aliphatic heterocycles. The molecule has 0 heterocycles. The number of nitrogens with two attached hydrogens (primary N) is 1. The minimum absolute atomic E-state index is 0.360. The van der Waals surface area contributed by atoms with Crippen molar-refractivity contribution in [1.29, 1.82) is 0 Å². The summed E-state index contributed by atoms with van der Waals surface area (Å²) >= 11 is 0. The standard InChI is InChI=1S/C9H22N4/c1-7(2)8(6-13(4)5)12-9(10)11-3/h7-8H,6H2,1-5H3,(H3,10,11,12). The normalized spacial score (nSPS) is 15.2. The minimum atomic E-state index is 0.360. The number of nitrogens with zero attached hydrogens (tertiary/aromatic N) is 2. The van der Waals surface area contributed by atoms with E-state index in [9.17, 15) is 0 Å². The van der Waals surface area contributed by atoms with Crippen molar-refractivity contribution >= 4 is 5.96 Å². The van der Waals surface area contributed by atoms with Crippen molar-refractivity contribution in [3.8, 4) is 0 Å². The van der Waals surface area contributed by atoms with Crippen LogP contribution in [0.3, 0.4) is 0 Å². The van der Waals surface area contributed by atoms with Crippen molar-refractivity contribution in [2.75, 3.05) is 27.7 Å². The number of likely N-dealkylation sites (N-methyl/N-ethyl adjacent to an activating group) is 1. The van der Waals surface area contributed by atoms with Gasteiger partial charge in [0.25, 0.3) is 0 Å². The van der Waals surface area contributed by atoms with Crippen molar-refractivity contribution in [3.63, 3.8) is 0 Å². The van der Waals surface area contributed by atoms with E-state index in [-0.39, 0.29) is 0 Å². The molecule has 0 aromatic rings. The van der Waals surface area contributed by atoms with Gasteiger partial charge in [-0.05, 0) is 20.0 Å². The van der Waals surface area contributed by atoms with Gasteiger partial charge in [0.15, 0.2) is 5.96 Å². The van der Waals surface area contributed by atoms with Gasteiger partial charge in [-0.1, -0.05) is 13.8 Å². The monoisotopic (exact) mass is 186 g/mol. The fourth-order valence-corrected chi connectivity index (χ4v) is 1.07. The second-order valence-corrected chi connectivity index (χ2v) is 3.87. The fourth-order valence-electron chi connectivity index (χ4n) is 1.07. The van der Waals surface area contributed by atoms with Gasteiger partial charge in [-0.25, -0.2) is 0 Å². The van der Waals surface area contributed by atoms with Crippen LogP contribution in [0.5, 0.6) is 0 Å². The Morgan fingerprint density at radius 3 is 2.31 bits per heavy atom. The molecule has 0 aromatic carbocycles. The Bertz CT molecular complexity index is 163. The average Bonchev–Trinajstić information content (AvgIpc) is 2.02. The first-order valence-electron chi connectivity index (χ1n) is 4.61. The molecule has 78 valence electrons. The lowest BCUT2D eigenvalue weighted by atomic mass is 10.0. The Labute approximate surface area is 81.2 Å². The molecule has 0 aromatic heterocycles. The third kappa shape index (κ3) is 5.47. The number of guanidine groups is 1. The summed E-state index contributed by atoms with van der Waals surface area (Å²) in [4.78, 5) is 6.02. The van der Waals surface area contributed by atoms with Crippen LogP contribution in [0.4, 0.5) is 0 Å². The topological polar surface area (TPSA) is 53.6 Å². The zero-order valence-corrected chi connectivity index (χ0v) is 9.33. The first kappa shape index (κ1) is 12.2. The summed E-state index contributed by atoms with van der Waals surface area (Å²) in [6.45, 7) is 5.31. The molecule has 0 saturated heterocycles. The molecule has 1 unspecified atom stereocenters. The number of aliphatic imine (C=N–C) groups is 1. The Morgan fingerprint density at radius 1 is 1.46 bits per heavy atom. The van der Waals surface area contributed by atoms with E-state index in [1.165, 1.54) is 0 Å². The maximum atomic E-state index is 5.61. The Hall–Kier alpha value is -0.770. The van der Waals surface area contributed by atoms with Crippen LogP contribution in [0.25, 0.3) is 0 Å². The lowest BCUT2D eigenvalue weighted by molar-refractivity contribution is 0.312. The van der Waals surface area contributed by atoms with Crippen molar-refractivity contribution in [3.05, 3.63) is 0 Å². The average molecular weight is 186 g/mol. The van der Waals surface area contributed by atoms with Gasteiger partial charge in [-0.3, -0.25) is 4.99 Å². The predicted molar refractivity (Wildman–Crippen MR) is 57.9 cm³/mol. The fraction of sp³-hybridized carbons (Fsp3) is 0.889. The van der Waals surface area contributed by atoms with Gasteiger partial charge >= 0.3 is 0 Å². The second kappa shape index (κ2) is 5.80. The first-order chi connectivity index (χ1) is 5.97. The highest BCUT2D eigenvalue weighted by molar-refractivity contribution is 5.77. The van der Waals surface area contributed by atoms with Gasteiger partial charge in [-0.15, -0.1) is 0 Å². The van der Waals surface area contributed by atoms with Crippen molar-refractivity contribution < 1.29 is 0 Å². The molecule has 0 amide bonds. The largest absolute Gasteiger partial charge is 0.370 e. The molecule has 4 heteroatoms. The lowest BCUT2D eigenvalue weighted by Gasteiger charge is -2.25. The van der Waals surface area contributed by atoms with Gasteiger partial charge < -0.3 is 16.0 Å². The molecular weight excluding hydrogens is 164 g/mol. The van der Waals surface area contributed by atoms with E-state index in [0.717, 1.165) is 6.54 Å². The van der Waals surface area contributed by atoms with E-state index in [2.05, 4.69) is 43.2 Å². The van der Waals surface area contributed by atoms with Gasteiger partial charge in [0, 0.05) is 19.6 Å². The first-order valence-corrected chi connectivity index (χ1v) is 4.61. The molecule has 4 nitrogen and oxygen atoms in total.